The van der Waals surface area contributed by atoms with E-state index in [9.17, 15) is 4.39 Å². The van der Waals surface area contributed by atoms with Crippen LogP contribution < -0.4 is 10.6 Å². The molecule has 1 aliphatic rings. The highest BCUT2D eigenvalue weighted by Gasteiger charge is 2.19. The van der Waals surface area contributed by atoms with Crippen molar-refractivity contribution in [2.45, 2.75) is 13.3 Å². The Bertz CT molecular complexity index is 417. The van der Waals surface area contributed by atoms with Crippen molar-refractivity contribution in [1.82, 2.24) is 4.90 Å². The summed E-state index contributed by atoms with van der Waals surface area (Å²) < 4.78 is 14.2. The van der Waals surface area contributed by atoms with Gasteiger partial charge in [0.25, 0.3) is 0 Å². The Kier molecular flexibility index (Phi) is 4.66. The van der Waals surface area contributed by atoms with Gasteiger partial charge in [0.1, 0.15) is 5.82 Å². The van der Waals surface area contributed by atoms with Crippen LogP contribution in [-0.2, 0) is 0 Å². The third kappa shape index (κ3) is 3.06. The maximum Gasteiger partial charge on any atom is 0.138 e. The van der Waals surface area contributed by atoms with E-state index < -0.39 is 0 Å². The second-order valence-corrected chi connectivity index (χ2v) is 5.82. The van der Waals surface area contributed by atoms with Crippen molar-refractivity contribution < 1.29 is 4.39 Å². The van der Waals surface area contributed by atoms with E-state index in [1.807, 2.05) is 22.6 Å². The van der Waals surface area contributed by atoms with Gasteiger partial charge in [0.2, 0.25) is 0 Å². The molecule has 3 nitrogen and oxygen atoms in total. The molecule has 0 radical (unpaired) electrons. The van der Waals surface area contributed by atoms with E-state index in [2.05, 4.69) is 16.7 Å². The summed E-state index contributed by atoms with van der Waals surface area (Å²) in [7, 11) is 0. The Hall–Kier alpha value is -0.560. The van der Waals surface area contributed by atoms with Gasteiger partial charge in [-0.25, -0.2) is 4.39 Å². The molecule has 5 heteroatoms. The minimum atomic E-state index is -0.184. The monoisotopic (exact) mass is 363 g/mol. The highest BCUT2D eigenvalue weighted by molar-refractivity contribution is 14.1. The SMILES string of the molecule is CCCN1CCN(c2cc(F)c(I)cc2N)CC1. The summed E-state index contributed by atoms with van der Waals surface area (Å²) in [6, 6.07) is 3.27. The van der Waals surface area contributed by atoms with E-state index in [0.717, 1.165) is 38.4 Å². The lowest BCUT2D eigenvalue weighted by molar-refractivity contribution is 0.258. The Morgan fingerprint density at radius 1 is 1.28 bits per heavy atom. The predicted molar refractivity (Wildman–Crippen MR) is 82.5 cm³/mol. The van der Waals surface area contributed by atoms with Gasteiger partial charge in [0.05, 0.1) is 14.9 Å². The van der Waals surface area contributed by atoms with Crippen molar-refractivity contribution in [3.05, 3.63) is 21.5 Å². The van der Waals surface area contributed by atoms with Crippen molar-refractivity contribution in [2.75, 3.05) is 43.4 Å². The van der Waals surface area contributed by atoms with Crippen molar-refractivity contribution in [3.8, 4) is 0 Å². The minimum Gasteiger partial charge on any atom is -0.397 e. The molecule has 0 unspecified atom stereocenters. The molecule has 100 valence electrons. The van der Waals surface area contributed by atoms with E-state index >= 15 is 0 Å². The lowest BCUT2D eigenvalue weighted by Crippen LogP contribution is -2.46. The van der Waals surface area contributed by atoms with Crippen molar-refractivity contribution >= 4 is 34.0 Å². The molecule has 2 rings (SSSR count). The maximum atomic E-state index is 13.6. The summed E-state index contributed by atoms with van der Waals surface area (Å²) in [6.07, 6.45) is 1.18. The number of hydrogen-bond acceptors (Lipinski definition) is 3. The summed E-state index contributed by atoms with van der Waals surface area (Å²) in [5.74, 6) is -0.184. The van der Waals surface area contributed by atoms with Crippen LogP contribution in [0.2, 0.25) is 0 Å². The second kappa shape index (κ2) is 6.06. The van der Waals surface area contributed by atoms with Gasteiger partial charge in [0, 0.05) is 32.2 Å². The number of benzene rings is 1. The van der Waals surface area contributed by atoms with Crippen LogP contribution in [0.25, 0.3) is 0 Å². The number of halogens is 2. The Balaban J connectivity index is 2.07. The van der Waals surface area contributed by atoms with E-state index in [0.29, 0.717) is 9.26 Å². The van der Waals surface area contributed by atoms with Crippen LogP contribution in [0.15, 0.2) is 12.1 Å². The average Bonchev–Trinajstić information content (AvgIpc) is 2.35. The Labute approximate surface area is 121 Å². The van der Waals surface area contributed by atoms with Crippen LogP contribution in [0.5, 0.6) is 0 Å². The highest BCUT2D eigenvalue weighted by Crippen LogP contribution is 2.28. The van der Waals surface area contributed by atoms with Crippen molar-refractivity contribution in [1.29, 1.82) is 0 Å². The molecule has 0 aromatic heterocycles. The smallest absolute Gasteiger partial charge is 0.138 e. The average molecular weight is 363 g/mol. The third-order valence-electron chi connectivity index (χ3n) is 3.32. The van der Waals surface area contributed by atoms with Crippen LogP contribution >= 0.6 is 22.6 Å². The zero-order chi connectivity index (χ0) is 13.1. The van der Waals surface area contributed by atoms with Crippen LogP contribution in [0.3, 0.4) is 0 Å². The van der Waals surface area contributed by atoms with Gasteiger partial charge >= 0.3 is 0 Å². The summed E-state index contributed by atoms with van der Waals surface area (Å²) >= 11 is 1.97. The van der Waals surface area contributed by atoms with E-state index in [1.54, 1.807) is 12.1 Å². The molecule has 0 saturated carbocycles. The van der Waals surface area contributed by atoms with Gasteiger partial charge in [-0.15, -0.1) is 0 Å². The number of nitrogen functional groups attached to an aromatic ring is 1. The molecular formula is C13H19FIN3. The van der Waals surface area contributed by atoms with Crippen molar-refractivity contribution in [3.63, 3.8) is 0 Å². The second-order valence-electron chi connectivity index (χ2n) is 4.65. The summed E-state index contributed by atoms with van der Waals surface area (Å²) in [6.45, 7) is 7.24. The molecule has 0 spiro atoms. The van der Waals surface area contributed by atoms with Crippen LogP contribution in [0, 0.1) is 9.39 Å². The lowest BCUT2D eigenvalue weighted by Gasteiger charge is -2.36. The Morgan fingerprint density at radius 2 is 1.94 bits per heavy atom. The van der Waals surface area contributed by atoms with Gasteiger partial charge < -0.3 is 10.6 Å². The van der Waals surface area contributed by atoms with Crippen LogP contribution in [0.4, 0.5) is 15.8 Å². The molecule has 18 heavy (non-hydrogen) atoms. The molecule has 1 saturated heterocycles. The molecule has 2 N–H and O–H groups in total. The van der Waals surface area contributed by atoms with Gasteiger partial charge in [-0.1, -0.05) is 6.92 Å². The molecule has 0 bridgehead atoms. The van der Waals surface area contributed by atoms with E-state index in [-0.39, 0.29) is 5.82 Å². The first-order chi connectivity index (χ1) is 8.61. The molecular weight excluding hydrogens is 344 g/mol. The zero-order valence-electron chi connectivity index (χ0n) is 10.6. The van der Waals surface area contributed by atoms with Gasteiger partial charge in [-0.05, 0) is 41.6 Å². The number of nitrogens with zero attached hydrogens (tertiary/aromatic N) is 2. The first-order valence-electron chi connectivity index (χ1n) is 6.33. The summed E-state index contributed by atoms with van der Waals surface area (Å²) in [5.41, 5.74) is 7.50. The fourth-order valence-corrected chi connectivity index (χ4v) is 2.85. The first-order valence-corrected chi connectivity index (χ1v) is 7.41. The lowest BCUT2D eigenvalue weighted by atomic mass is 10.2. The fraction of sp³-hybridized carbons (Fsp3) is 0.538. The fourth-order valence-electron chi connectivity index (χ4n) is 2.35. The molecule has 1 fully saturated rings. The molecule has 1 heterocycles. The number of rotatable bonds is 3. The number of nitrogens with two attached hydrogens (primary N) is 1. The van der Waals surface area contributed by atoms with Crippen molar-refractivity contribution in [2.24, 2.45) is 0 Å². The van der Waals surface area contributed by atoms with Gasteiger partial charge in [-0.3, -0.25) is 4.90 Å². The number of anilines is 2. The molecule has 1 aromatic carbocycles. The summed E-state index contributed by atoms with van der Waals surface area (Å²) in [5, 5.41) is 0. The zero-order valence-corrected chi connectivity index (χ0v) is 12.8. The van der Waals surface area contributed by atoms with E-state index in [4.69, 9.17) is 5.73 Å². The molecule has 1 aliphatic heterocycles. The van der Waals surface area contributed by atoms with Gasteiger partial charge in [-0.2, -0.15) is 0 Å². The van der Waals surface area contributed by atoms with Crippen LogP contribution in [0.1, 0.15) is 13.3 Å². The van der Waals surface area contributed by atoms with Gasteiger partial charge in [0.15, 0.2) is 0 Å². The van der Waals surface area contributed by atoms with E-state index in [1.165, 1.54) is 6.42 Å². The highest BCUT2D eigenvalue weighted by atomic mass is 127. The quantitative estimate of drug-likeness (QED) is 0.662. The number of hydrogen-bond donors (Lipinski definition) is 1. The topological polar surface area (TPSA) is 32.5 Å². The minimum absolute atomic E-state index is 0.184. The molecule has 0 aliphatic carbocycles. The molecule has 0 atom stereocenters. The van der Waals surface area contributed by atoms with Crippen LogP contribution in [-0.4, -0.2) is 37.6 Å². The predicted octanol–water partition coefficient (Wildman–Crippen LogP) is 2.54. The Morgan fingerprint density at radius 3 is 2.56 bits per heavy atom. The third-order valence-corrected chi connectivity index (χ3v) is 4.15. The molecule has 1 aromatic rings. The number of piperazine rings is 1. The normalized spacial score (nSPS) is 17.2. The standard InChI is InChI=1S/C13H19FIN3/c1-2-3-17-4-6-18(7-5-17)13-8-10(14)11(15)9-12(13)16/h8-9H,2-7,16H2,1H3. The molecule has 0 amide bonds. The largest absolute Gasteiger partial charge is 0.397 e. The first kappa shape index (κ1) is 13.9. The maximum absolute atomic E-state index is 13.6. The summed E-state index contributed by atoms with van der Waals surface area (Å²) in [4.78, 5) is 4.62.